The minimum Gasteiger partial charge on any atom is -0.478 e. The summed E-state index contributed by atoms with van der Waals surface area (Å²) in [5.74, 6) is -1.71. The molecular weight excluding hydrogens is 218 g/mol. The van der Waals surface area contributed by atoms with Crippen LogP contribution in [0.4, 0.5) is 0 Å². The van der Waals surface area contributed by atoms with E-state index in [0.717, 1.165) is 6.08 Å². The number of carbonyl (C=O) groups excluding carboxylic acids is 1. The molecule has 5 heteroatoms. The fourth-order valence-electron chi connectivity index (χ4n) is 1.43. The number of fused-ring (bicyclic) bond motifs is 1. The van der Waals surface area contributed by atoms with Gasteiger partial charge in [-0.05, 0) is 6.08 Å². The van der Waals surface area contributed by atoms with Gasteiger partial charge in [-0.25, -0.2) is 9.79 Å². The smallest absolute Gasteiger partial charge is 0.336 e. The predicted molar refractivity (Wildman–Crippen MR) is 55.0 cm³/mol. The minimum atomic E-state index is -1.15. The summed E-state index contributed by atoms with van der Waals surface area (Å²) < 4.78 is 0. The van der Waals surface area contributed by atoms with Crippen molar-refractivity contribution in [3.63, 3.8) is 0 Å². The maximum absolute atomic E-state index is 11.1. The third-order valence-electron chi connectivity index (χ3n) is 2.06. The lowest BCUT2D eigenvalue weighted by Gasteiger charge is -2.16. The van der Waals surface area contributed by atoms with Crippen LogP contribution in [0.1, 0.15) is 0 Å². The first kappa shape index (κ1) is 9.86. The molecule has 15 heavy (non-hydrogen) atoms. The quantitative estimate of drug-likeness (QED) is 0.677. The number of carboxylic acid groups (broad SMARTS) is 1. The van der Waals surface area contributed by atoms with Crippen LogP contribution in [-0.4, -0.2) is 28.1 Å². The molecule has 0 radical (unpaired) electrons. The summed E-state index contributed by atoms with van der Waals surface area (Å²) in [4.78, 5) is 25.7. The number of aliphatic imine (C=N–C) groups is 1. The van der Waals surface area contributed by atoms with Crippen LogP contribution in [0.3, 0.4) is 0 Å². The average molecular weight is 224 g/mol. The Bertz CT molecular complexity index is 471. The molecule has 1 aliphatic heterocycles. The number of amides is 1. The van der Waals surface area contributed by atoms with E-state index >= 15 is 0 Å². The Labute approximate surface area is 90.3 Å². The molecule has 1 unspecified atom stereocenters. The lowest BCUT2D eigenvalue weighted by Crippen LogP contribution is -2.20. The fraction of sp³-hybridized carbons (Fsp3) is 0.100. The zero-order valence-corrected chi connectivity index (χ0v) is 8.23. The Kier molecular flexibility index (Phi) is 2.28. The standard InChI is InChI=1S/C10H6ClNO3/c11-5-1-2-8-6(3-5)7(10(14)15)4-9(13)12-8/h1-5H,(H,14,15). The van der Waals surface area contributed by atoms with E-state index in [2.05, 4.69) is 4.99 Å². The lowest BCUT2D eigenvalue weighted by molar-refractivity contribution is -0.132. The molecule has 2 aliphatic rings. The Morgan fingerprint density at radius 3 is 2.93 bits per heavy atom. The number of carbonyl (C=O) groups is 2. The summed E-state index contributed by atoms with van der Waals surface area (Å²) in [7, 11) is 0. The van der Waals surface area contributed by atoms with E-state index < -0.39 is 11.9 Å². The number of hydrogen-bond acceptors (Lipinski definition) is 2. The van der Waals surface area contributed by atoms with Crippen molar-refractivity contribution in [2.75, 3.05) is 0 Å². The highest BCUT2D eigenvalue weighted by atomic mass is 35.5. The number of carboxylic acids is 1. The van der Waals surface area contributed by atoms with Crippen LogP contribution in [0, 0.1) is 0 Å². The van der Waals surface area contributed by atoms with Crippen molar-refractivity contribution in [2.45, 2.75) is 5.38 Å². The highest BCUT2D eigenvalue weighted by Crippen LogP contribution is 2.24. The first-order valence-corrected chi connectivity index (χ1v) is 4.64. The van der Waals surface area contributed by atoms with E-state index in [9.17, 15) is 9.59 Å². The van der Waals surface area contributed by atoms with Gasteiger partial charge in [0, 0.05) is 11.6 Å². The van der Waals surface area contributed by atoms with Crippen molar-refractivity contribution in [2.24, 2.45) is 4.99 Å². The molecule has 0 spiro atoms. The number of aliphatic carboxylic acids is 1. The zero-order valence-electron chi connectivity index (χ0n) is 7.48. The van der Waals surface area contributed by atoms with Crippen LogP contribution in [-0.2, 0) is 9.59 Å². The largest absolute Gasteiger partial charge is 0.478 e. The van der Waals surface area contributed by atoms with Gasteiger partial charge in [-0.1, -0.05) is 12.2 Å². The maximum atomic E-state index is 11.1. The highest BCUT2D eigenvalue weighted by Gasteiger charge is 2.25. The topological polar surface area (TPSA) is 66.7 Å². The second-order valence-corrected chi connectivity index (χ2v) is 3.59. The average Bonchev–Trinajstić information content (AvgIpc) is 2.17. The lowest BCUT2D eigenvalue weighted by atomic mass is 9.93. The molecule has 0 saturated heterocycles. The van der Waals surface area contributed by atoms with Crippen molar-refractivity contribution >= 4 is 29.2 Å². The van der Waals surface area contributed by atoms with Gasteiger partial charge in [-0.15, -0.1) is 11.6 Å². The Hall–Kier alpha value is -1.68. The summed E-state index contributed by atoms with van der Waals surface area (Å²) in [5.41, 5.74) is 0.710. The van der Waals surface area contributed by atoms with Gasteiger partial charge in [0.1, 0.15) is 0 Å². The molecule has 1 atom stereocenters. The molecule has 4 nitrogen and oxygen atoms in total. The normalized spacial score (nSPS) is 23.9. The fourth-order valence-corrected chi connectivity index (χ4v) is 1.63. The molecule has 0 bridgehead atoms. The summed E-state index contributed by atoms with van der Waals surface area (Å²) in [5, 5.41) is 8.53. The Morgan fingerprint density at radius 1 is 1.53 bits per heavy atom. The third-order valence-corrected chi connectivity index (χ3v) is 2.33. The van der Waals surface area contributed by atoms with E-state index in [1.54, 1.807) is 18.2 Å². The molecule has 0 aromatic heterocycles. The number of halogens is 1. The zero-order chi connectivity index (χ0) is 11.0. The van der Waals surface area contributed by atoms with Crippen LogP contribution in [0.15, 0.2) is 40.4 Å². The van der Waals surface area contributed by atoms with Gasteiger partial charge in [-0.3, -0.25) is 4.79 Å². The van der Waals surface area contributed by atoms with Gasteiger partial charge < -0.3 is 5.11 Å². The molecule has 1 aliphatic carbocycles. The van der Waals surface area contributed by atoms with E-state index in [1.807, 2.05) is 0 Å². The van der Waals surface area contributed by atoms with Crippen molar-refractivity contribution in [3.05, 3.63) is 35.5 Å². The minimum absolute atomic E-state index is 0.0556. The summed E-state index contributed by atoms with van der Waals surface area (Å²) in [6.07, 6.45) is 5.76. The summed E-state index contributed by atoms with van der Waals surface area (Å²) in [6, 6.07) is 0. The second-order valence-electron chi connectivity index (χ2n) is 3.08. The van der Waals surface area contributed by atoms with E-state index in [0.29, 0.717) is 11.3 Å². The van der Waals surface area contributed by atoms with Crippen molar-refractivity contribution < 1.29 is 14.7 Å². The van der Waals surface area contributed by atoms with Gasteiger partial charge in [0.2, 0.25) is 0 Å². The van der Waals surface area contributed by atoms with Gasteiger partial charge in [0.15, 0.2) is 0 Å². The van der Waals surface area contributed by atoms with Crippen molar-refractivity contribution in [1.82, 2.24) is 0 Å². The molecular formula is C10H6ClNO3. The molecule has 1 N–H and O–H groups in total. The molecule has 1 amide bonds. The summed E-state index contributed by atoms with van der Waals surface area (Å²) >= 11 is 5.82. The number of nitrogens with zero attached hydrogens (tertiary/aromatic N) is 1. The van der Waals surface area contributed by atoms with Crippen LogP contribution >= 0.6 is 11.6 Å². The van der Waals surface area contributed by atoms with Gasteiger partial charge in [0.25, 0.3) is 5.91 Å². The number of alkyl halides is 1. The van der Waals surface area contributed by atoms with Crippen LogP contribution in [0.5, 0.6) is 0 Å². The van der Waals surface area contributed by atoms with E-state index in [-0.39, 0.29) is 11.0 Å². The first-order valence-electron chi connectivity index (χ1n) is 4.20. The van der Waals surface area contributed by atoms with E-state index in [4.69, 9.17) is 16.7 Å². The number of hydrogen-bond donors (Lipinski definition) is 1. The first-order chi connectivity index (χ1) is 7.08. The predicted octanol–water partition coefficient (Wildman–Crippen LogP) is 1.08. The second kappa shape index (κ2) is 3.47. The molecule has 0 aromatic rings. The number of allylic oxidation sites excluding steroid dienone is 3. The van der Waals surface area contributed by atoms with Gasteiger partial charge in [0.05, 0.1) is 16.7 Å². The van der Waals surface area contributed by atoms with Gasteiger partial charge in [-0.2, -0.15) is 0 Å². The van der Waals surface area contributed by atoms with Crippen molar-refractivity contribution in [1.29, 1.82) is 0 Å². The SMILES string of the molecule is O=C1C=C(C(=O)O)C2=CC(Cl)C=CC2=N1. The van der Waals surface area contributed by atoms with Crippen LogP contribution in [0.2, 0.25) is 0 Å². The monoisotopic (exact) mass is 223 g/mol. The molecule has 0 saturated carbocycles. The van der Waals surface area contributed by atoms with Crippen LogP contribution < -0.4 is 0 Å². The van der Waals surface area contributed by atoms with Crippen LogP contribution in [0.25, 0.3) is 0 Å². The highest BCUT2D eigenvalue weighted by molar-refractivity contribution is 6.29. The third kappa shape index (κ3) is 1.76. The summed E-state index contributed by atoms with van der Waals surface area (Å²) in [6.45, 7) is 0. The number of rotatable bonds is 1. The molecule has 1 heterocycles. The number of dihydropyridines is 1. The van der Waals surface area contributed by atoms with E-state index in [1.165, 1.54) is 0 Å². The maximum Gasteiger partial charge on any atom is 0.336 e. The molecule has 2 rings (SSSR count). The molecule has 76 valence electrons. The molecule has 0 fully saturated rings. The van der Waals surface area contributed by atoms with Gasteiger partial charge >= 0.3 is 5.97 Å². The Morgan fingerprint density at radius 2 is 2.27 bits per heavy atom. The Balaban J connectivity index is 2.51. The molecule has 0 aromatic carbocycles. The van der Waals surface area contributed by atoms with Crippen molar-refractivity contribution in [3.8, 4) is 0 Å².